The molecule has 0 aliphatic heterocycles. The van der Waals surface area contributed by atoms with Crippen LogP contribution >= 0.6 is 22.6 Å². The number of ether oxygens (including phenoxy) is 5. The van der Waals surface area contributed by atoms with Gasteiger partial charge in [0, 0.05) is 22.7 Å². The summed E-state index contributed by atoms with van der Waals surface area (Å²) in [6, 6.07) is 27.4. The van der Waals surface area contributed by atoms with Crippen LogP contribution in [0.5, 0.6) is 0 Å². The molecular formula is C37H43IO8. The molecule has 246 valence electrons. The van der Waals surface area contributed by atoms with Crippen LogP contribution in [0.25, 0.3) is 0 Å². The summed E-state index contributed by atoms with van der Waals surface area (Å²) in [6.07, 6.45) is 0.962. The van der Waals surface area contributed by atoms with Gasteiger partial charge in [-0.3, -0.25) is 0 Å². The molecule has 0 aliphatic rings. The topological polar surface area (TPSA) is 97.4 Å². The van der Waals surface area contributed by atoms with Crippen molar-refractivity contribution >= 4 is 40.5 Å². The highest BCUT2D eigenvalue weighted by Crippen LogP contribution is 2.31. The Morgan fingerprint density at radius 2 is 1.30 bits per heavy atom. The predicted molar refractivity (Wildman–Crippen MR) is 184 cm³/mol. The first-order valence-corrected chi connectivity index (χ1v) is 16.9. The maximum atomic E-state index is 13.3. The van der Waals surface area contributed by atoms with Crippen molar-refractivity contribution in [3.8, 4) is 0 Å². The average molecular weight is 743 g/mol. The molecule has 0 saturated carbocycles. The fourth-order valence-electron chi connectivity index (χ4n) is 5.07. The van der Waals surface area contributed by atoms with E-state index in [0.717, 1.165) is 9.99 Å². The van der Waals surface area contributed by atoms with Crippen molar-refractivity contribution in [2.45, 2.75) is 58.5 Å². The summed E-state index contributed by atoms with van der Waals surface area (Å²) in [5.74, 6) is -1.93. The van der Waals surface area contributed by atoms with Gasteiger partial charge < -0.3 is 23.7 Å². The van der Waals surface area contributed by atoms with Crippen LogP contribution in [0.15, 0.2) is 103 Å². The third-order valence-electron chi connectivity index (χ3n) is 7.73. The van der Waals surface area contributed by atoms with Gasteiger partial charge in [-0.15, -0.1) is 0 Å². The van der Waals surface area contributed by atoms with E-state index in [4.69, 9.17) is 23.7 Å². The van der Waals surface area contributed by atoms with Crippen LogP contribution in [-0.2, 0) is 35.1 Å². The molecule has 0 heterocycles. The zero-order chi connectivity index (χ0) is 33.3. The summed E-state index contributed by atoms with van der Waals surface area (Å²) in [5.41, 5.74) is 2.21. The molecule has 9 heteroatoms. The van der Waals surface area contributed by atoms with Gasteiger partial charge in [-0.2, -0.15) is 0 Å². The van der Waals surface area contributed by atoms with Crippen LogP contribution in [0.1, 0.15) is 59.9 Å². The molecule has 0 unspecified atom stereocenters. The van der Waals surface area contributed by atoms with Crippen LogP contribution < -0.4 is 0 Å². The molecule has 5 atom stereocenters. The number of esters is 3. The smallest absolute Gasteiger partial charge is 0.338 e. The molecule has 0 fully saturated rings. The van der Waals surface area contributed by atoms with Crippen molar-refractivity contribution in [1.29, 1.82) is 0 Å². The van der Waals surface area contributed by atoms with E-state index >= 15 is 0 Å². The number of carbonyl (C=O) groups is 3. The number of carbonyl (C=O) groups excluding carboxylic acids is 3. The standard InChI is InChI=1S/C37H43IO8/c1-26(35(39)42-4)24-44-32(20-22-38)27(2)34(45-25-29-14-8-5-9-15-29)28(3)33(46-37(41)31-18-12-7-13-19-31)21-23-43-36(40)30-16-10-6-11-17-30/h5-19,24,27-28,32-34H,20-23,25H2,1-4H3/b26-24+/t27-,28-,32+,33-,34-/m1/s1. The third-order valence-corrected chi connectivity index (χ3v) is 8.35. The van der Waals surface area contributed by atoms with Crippen molar-refractivity contribution in [2.75, 3.05) is 18.1 Å². The SMILES string of the molecule is COC(=O)/C(C)=C/O[C@@H](CCI)[C@@H](C)[C@@H](OCc1ccccc1)[C@H](C)[C@@H](CCOC(=O)c1ccccc1)OC(=O)c1ccccc1. The summed E-state index contributed by atoms with van der Waals surface area (Å²) in [5, 5.41) is 0. The van der Waals surface area contributed by atoms with Gasteiger partial charge in [0.25, 0.3) is 0 Å². The third kappa shape index (κ3) is 11.6. The summed E-state index contributed by atoms with van der Waals surface area (Å²) in [4.78, 5) is 38.0. The molecule has 3 aromatic carbocycles. The molecule has 3 aromatic rings. The monoisotopic (exact) mass is 742 g/mol. The van der Waals surface area contributed by atoms with Crippen molar-refractivity contribution < 1.29 is 38.1 Å². The number of alkyl halides is 1. The van der Waals surface area contributed by atoms with E-state index in [2.05, 4.69) is 22.6 Å². The largest absolute Gasteiger partial charge is 0.497 e. The van der Waals surface area contributed by atoms with Gasteiger partial charge in [0.05, 0.1) is 49.4 Å². The second-order valence-electron chi connectivity index (χ2n) is 11.0. The van der Waals surface area contributed by atoms with E-state index in [1.807, 2.05) is 56.3 Å². The van der Waals surface area contributed by atoms with Crippen LogP contribution in [-0.4, -0.2) is 54.4 Å². The lowest BCUT2D eigenvalue weighted by Crippen LogP contribution is -2.43. The van der Waals surface area contributed by atoms with Crippen molar-refractivity contribution in [1.82, 2.24) is 0 Å². The molecule has 0 bridgehead atoms. The number of methoxy groups -OCH3 is 1. The predicted octanol–water partition coefficient (Wildman–Crippen LogP) is 7.60. The highest BCUT2D eigenvalue weighted by Gasteiger charge is 2.37. The molecule has 0 aliphatic carbocycles. The van der Waals surface area contributed by atoms with Crippen molar-refractivity contribution in [2.24, 2.45) is 11.8 Å². The van der Waals surface area contributed by atoms with Gasteiger partial charge in [-0.05, 0) is 43.2 Å². The molecule has 8 nitrogen and oxygen atoms in total. The van der Waals surface area contributed by atoms with E-state index in [1.165, 1.54) is 13.4 Å². The Balaban J connectivity index is 1.89. The Labute approximate surface area is 285 Å². The van der Waals surface area contributed by atoms with Gasteiger partial charge in [0.15, 0.2) is 0 Å². The Morgan fingerprint density at radius 3 is 1.87 bits per heavy atom. The highest BCUT2D eigenvalue weighted by atomic mass is 127. The normalized spacial score (nSPS) is 14.7. The van der Waals surface area contributed by atoms with E-state index in [-0.39, 0.29) is 31.0 Å². The summed E-state index contributed by atoms with van der Waals surface area (Å²) in [7, 11) is 1.33. The minimum atomic E-state index is -0.660. The molecule has 0 amide bonds. The second kappa shape index (κ2) is 19.7. The summed E-state index contributed by atoms with van der Waals surface area (Å²) >= 11 is 2.30. The van der Waals surface area contributed by atoms with E-state index < -0.39 is 30.1 Å². The Kier molecular flexibility index (Phi) is 15.8. The van der Waals surface area contributed by atoms with Gasteiger partial charge >= 0.3 is 17.9 Å². The Bertz CT molecular complexity index is 1380. The first-order chi connectivity index (χ1) is 22.2. The van der Waals surface area contributed by atoms with E-state index in [9.17, 15) is 14.4 Å². The first kappa shape index (κ1) is 36.8. The second-order valence-corrected chi connectivity index (χ2v) is 12.1. The molecular weight excluding hydrogens is 699 g/mol. The molecule has 3 rings (SSSR count). The van der Waals surface area contributed by atoms with Crippen molar-refractivity contribution in [3.63, 3.8) is 0 Å². The van der Waals surface area contributed by atoms with Crippen molar-refractivity contribution in [3.05, 3.63) is 120 Å². The summed E-state index contributed by atoms with van der Waals surface area (Å²) in [6.45, 7) is 6.02. The van der Waals surface area contributed by atoms with Gasteiger partial charge in [0.1, 0.15) is 12.2 Å². The number of rotatable bonds is 18. The van der Waals surface area contributed by atoms with Gasteiger partial charge in [0.2, 0.25) is 0 Å². The van der Waals surface area contributed by atoms with Gasteiger partial charge in [-0.1, -0.05) is 103 Å². The lowest BCUT2D eigenvalue weighted by atomic mass is 9.84. The number of hydrogen-bond acceptors (Lipinski definition) is 8. The lowest BCUT2D eigenvalue weighted by molar-refractivity contribution is -0.136. The molecule has 0 spiro atoms. The van der Waals surface area contributed by atoms with E-state index in [1.54, 1.807) is 55.5 Å². The maximum Gasteiger partial charge on any atom is 0.338 e. The molecule has 0 aromatic heterocycles. The van der Waals surface area contributed by atoms with Gasteiger partial charge in [-0.25, -0.2) is 14.4 Å². The molecule has 46 heavy (non-hydrogen) atoms. The zero-order valence-corrected chi connectivity index (χ0v) is 29.0. The lowest BCUT2D eigenvalue weighted by Gasteiger charge is -2.37. The fourth-order valence-corrected chi connectivity index (χ4v) is 5.68. The molecule has 0 N–H and O–H groups in total. The van der Waals surface area contributed by atoms with Crippen LogP contribution in [0.4, 0.5) is 0 Å². The van der Waals surface area contributed by atoms with Crippen LogP contribution in [0.2, 0.25) is 0 Å². The summed E-state index contributed by atoms with van der Waals surface area (Å²) < 4.78 is 30.2. The Hall–Kier alpha value is -3.70. The van der Waals surface area contributed by atoms with Crippen LogP contribution in [0, 0.1) is 11.8 Å². The average Bonchev–Trinajstić information content (AvgIpc) is 3.09. The number of benzene rings is 3. The van der Waals surface area contributed by atoms with Crippen LogP contribution in [0.3, 0.4) is 0 Å². The quantitative estimate of drug-likeness (QED) is 0.0329. The minimum Gasteiger partial charge on any atom is -0.497 e. The minimum absolute atomic E-state index is 0.0410. The highest BCUT2D eigenvalue weighted by molar-refractivity contribution is 14.1. The Morgan fingerprint density at radius 1 is 0.761 bits per heavy atom. The number of halogens is 1. The molecule has 0 radical (unpaired) electrons. The number of hydrogen-bond donors (Lipinski definition) is 0. The van der Waals surface area contributed by atoms with E-state index in [0.29, 0.717) is 29.7 Å². The maximum absolute atomic E-state index is 13.3. The molecule has 0 saturated heterocycles. The first-order valence-electron chi connectivity index (χ1n) is 15.3. The fraction of sp³-hybridized carbons (Fsp3) is 0.378. The zero-order valence-electron chi connectivity index (χ0n) is 26.8.